The lowest BCUT2D eigenvalue weighted by atomic mass is 9.80. The summed E-state index contributed by atoms with van der Waals surface area (Å²) in [4.78, 5) is 10.9. The normalized spacial score (nSPS) is 11.5. The molecule has 208 valence electrons. The van der Waals surface area contributed by atoms with Gasteiger partial charge in [-0.15, -0.1) is 0 Å². The van der Waals surface area contributed by atoms with Crippen molar-refractivity contribution in [3.63, 3.8) is 0 Å². The van der Waals surface area contributed by atoms with Gasteiger partial charge in [-0.05, 0) is 22.8 Å². The van der Waals surface area contributed by atoms with Gasteiger partial charge in [-0.2, -0.15) is 15.0 Å². The van der Waals surface area contributed by atoms with Crippen molar-refractivity contribution >= 4 is 11.0 Å². The Morgan fingerprint density at radius 3 is 1.67 bits per heavy atom. The van der Waals surface area contributed by atoms with Gasteiger partial charge < -0.3 is 4.74 Å². The Kier molecular flexibility index (Phi) is 7.26. The molecule has 6 heteroatoms. The molecule has 2 aromatic heterocycles. The summed E-state index contributed by atoms with van der Waals surface area (Å²) in [6, 6.07) is 47.3. The third-order valence-corrected chi connectivity index (χ3v) is 7.61. The van der Waals surface area contributed by atoms with Crippen LogP contribution in [0.4, 0.5) is 0 Å². The Labute approximate surface area is 250 Å². The highest BCUT2D eigenvalue weighted by molar-refractivity contribution is 5.94. The predicted octanol–water partition coefficient (Wildman–Crippen LogP) is 7.56. The minimum atomic E-state index is -0.812. The van der Waals surface area contributed by atoms with Crippen LogP contribution >= 0.6 is 0 Å². The summed E-state index contributed by atoms with van der Waals surface area (Å²) in [5.41, 5.74) is 7.39. The molecule has 0 aliphatic heterocycles. The molecule has 0 amide bonds. The summed E-state index contributed by atoms with van der Waals surface area (Å²) in [6.45, 7) is 0.820. The van der Waals surface area contributed by atoms with Crippen LogP contribution in [0, 0.1) is 0 Å². The van der Waals surface area contributed by atoms with E-state index >= 15 is 0 Å². The number of para-hydroxylation sites is 1. The van der Waals surface area contributed by atoms with Crippen LogP contribution < -0.4 is 0 Å². The third-order valence-electron chi connectivity index (χ3n) is 7.61. The van der Waals surface area contributed by atoms with Gasteiger partial charge in [-0.3, -0.25) is 9.97 Å². The van der Waals surface area contributed by atoms with E-state index in [-0.39, 0.29) is 0 Å². The molecule has 0 saturated carbocycles. The summed E-state index contributed by atoms with van der Waals surface area (Å²) < 4.78 is 7.00. The van der Waals surface area contributed by atoms with E-state index in [0.717, 1.165) is 50.2 Å². The molecule has 0 aliphatic carbocycles. The molecule has 0 saturated heterocycles. The average molecular weight is 560 g/mol. The maximum Gasteiger partial charge on any atom is 0.143 e. The first-order chi connectivity index (χ1) is 21.3. The summed E-state index contributed by atoms with van der Waals surface area (Å²) in [6.07, 6.45) is 3.42. The molecular weight excluding hydrogens is 530 g/mol. The number of benzene rings is 5. The lowest BCUT2D eigenvalue weighted by molar-refractivity contribution is 0.00572. The molecule has 43 heavy (non-hydrogen) atoms. The molecule has 0 spiro atoms. The zero-order chi connectivity index (χ0) is 28.9. The number of ether oxygens (including phenoxy) is 1. The van der Waals surface area contributed by atoms with Crippen LogP contribution in [0.15, 0.2) is 152 Å². The van der Waals surface area contributed by atoms with E-state index in [4.69, 9.17) is 14.9 Å². The van der Waals surface area contributed by atoms with Gasteiger partial charge in [0.25, 0.3) is 0 Å². The van der Waals surface area contributed by atoms with E-state index in [1.807, 2.05) is 54.6 Å². The molecule has 6 nitrogen and oxygen atoms in total. The summed E-state index contributed by atoms with van der Waals surface area (Å²) in [5, 5.41) is 9.98. The molecule has 0 bridgehead atoms. The molecule has 7 aromatic rings. The molecule has 0 atom stereocenters. The van der Waals surface area contributed by atoms with Gasteiger partial charge in [-0.25, -0.2) is 0 Å². The van der Waals surface area contributed by atoms with Crippen LogP contribution in [0.5, 0.6) is 0 Å². The van der Waals surface area contributed by atoms with Gasteiger partial charge in [0.1, 0.15) is 17.0 Å². The van der Waals surface area contributed by atoms with E-state index < -0.39 is 5.60 Å². The number of aromatic nitrogens is 5. The van der Waals surface area contributed by atoms with Crippen molar-refractivity contribution in [2.75, 3.05) is 6.61 Å². The first kappa shape index (κ1) is 26.4. The van der Waals surface area contributed by atoms with E-state index in [1.165, 1.54) is 0 Å². The van der Waals surface area contributed by atoms with Gasteiger partial charge in [0.15, 0.2) is 0 Å². The topological polar surface area (TPSA) is 65.7 Å². The highest BCUT2D eigenvalue weighted by atomic mass is 16.5. The molecular formula is C37H29N5O. The molecule has 0 fully saturated rings. The fraction of sp³-hybridized carbons (Fsp3) is 0.0811. The van der Waals surface area contributed by atoms with E-state index in [9.17, 15) is 0 Å². The van der Waals surface area contributed by atoms with Gasteiger partial charge in [-0.1, -0.05) is 133 Å². The zero-order valence-electron chi connectivity index (χ0n) is 23.5. The Hall–Kier alpha value is -5.46. The fourth-order valence-electron chi connectivity index (χ4n) is 5.65. The maximum absolute atomic E-state index is 7.00. The van der Waals surface area contributed by atoms with Crippen molar-refractivity contribution in [2.45, 2.75) is 12.1 Å². The van der Waals surface area contributed by atoms with Crippen LogP contribution in [0.2, 0.25) is 0 Å². The number of hydrogen-bond acceptors (Lipinski definition) is 5. The van der Waals surface area contributed by atoms with Crippen molar-refractivity contribution in [1.82, 2.24) is 25.0 Å². The minimum Gasteiger partial charge on any atom is -0.359 e. The van der Waals surface area contributed by atoms with Crippen molar-refractivity contribution in [1.29, 1.82) is 0 Å². The minimum absolute atomic E-state index is 0.371. The predicted molar refractivity (Wildman–Crippen MR) is 169 cm³/mol. The van der Waals surface area contributed by atoms with Gasteiger partial charge in [0.2, 0.25) is 0 Å². The molecule has 0 N–H and O–H groups in total. The average Bonchev–Trinajstić information content (AvgIpc) is 3.52. The summed E-state index contributed by atoms with van der Waals surface area (Å²) in [5.74, 6) is 0. The van der Waals surface area contributed by atoms with E-state index in [2.05, 4.69) is 94.9 Å². The quantitative estimate of drug-likeness (QED) is 0.171. The number of nitrogens with zero attached hydrogens (tertiary/aromatic N) is 5. The second-order valence-electron chi connectivity index (χ2n) is 10.2. The summed E-state index contributed by atoms with van der Waals surface area (Å²) >= 11 is 0. The molecule has 0 radical (unpaired) electrons. The van der Waals surface area contributed by atoms with Crippen molar-refractivity contribution in [3.8, 4) is 22.5 Å². The highest BCUT2D eigenvalue weighted by Crippen LogP contribution is 2.40. The second kappa shape index (κ2) is 11.8. The van der Waals surface area contributed by atoms with Crippen LogP contribution in [0.25, 0.3) is 33.5 Å². The van der Waals surface area contributed by atoms with Gasteiger partial charge >= 0.3 is 0 Å². The maximum atomic E-state index is 7.00. The van der Waals surface area contributed by atoms with E-state index in [1.54, 1.807) is 17.2 Å². The monoisotopic (exact) mass is 559 g/mol. The zero-order valence-corrected chi connectivity index (χ0v) is 23.5. The molecule has 5 aromatic carbocycles. The first-order valence-corrected chi connectivity index (χ1v) is 14.3. The van der Waals surface area contributed by atoms with Gasteiger partial charge in [0.05, 0.1) is 24.2 Å². The van der Waals surface area contributed by atoms with Crippen molar-refractivity contribution in [2.24, 2.45) is 0 Å². The van der Waals surface area contributed by atoms with Crippen molar-refractivity contribution < 1.29 is 4.74 Å². The van der Waals surface area contributed by atoms with Crippen LogP contribution in [0.3, 0.4) is 0 Å². The standard InChI is InChI=1S/C37H29N5O/c1-5-14-28(15-6-1)34-36(32-22-13-23-33-35(32)39-25-24-38-33)41-42(40-34)26-27-43-37(29-16-7-2-8-17-29,30-18-9-3-10-19-30)31-20-11-4-12-21-31/h1-25H,26-27H2. The largest absolute Gasteiger partial charge is 0.359 e. The number of fused-ring (bicyclic) bond motifs is 1. The molecule has 0 aliphatic rings. The summed E-state index contributed by atoms with van der Waals surface area (Å²) in [7, 11) is 0. The SMILES string of the molecule is c1ccc(-c2nn(CCOC(c3ccccc3)(c3ccccc3)c3ccccc3)nc2-c2cccc3nccnc23)cc1. The third kappa shape index (κ3) is 5.09. The number of hydrogen-bond donors (Lipinski definition) is 0. The number of rotatable bonds is 9. The second-order valence-corrected chi connectivity index (χ2v) is 10.2. The lowest BCUT2D eigenvalue weighted by Gasteiger charge is -2.36. The van der Waals surface area contributed by atoms with Crippen LogP contribution in [-0.4, -0.2) is 31.6 Å². The first-order valence-electron chi connectivity index (χ1n) is 14.3. The Bertz CT molecular complexity index is 1840. The van der Waals surface area contributed by atoms with Crippen molar-refractivity contribution in [3.05, 3.63) is 169 Å². The smallest absolute Gasteiger partial charge is 0.143 e. The van der Waals surface area contributed by atoms with Gasteiger partial charge in [0, 0.05) is 23.5 Å². The van der Waals surface area contributed by atoms with Crippen LogP contribution in [0.1, 0.15) is 16.7 Å². The van der Waals surface area contributed by atoms with E-state index in [0.29, 0.717) is 13.2 Å². The highest BCUT2D eigenvalue weighted by Gasteiger charge is 2.37. The molecule has 0 unspecified atom stereocenters. The molecule has 7 rings (SSSR count). The Morgan fingerprint density at radius 2 is 1.07 bits per heavy atom. The fourth-order valence-corrected chi connectivity index (χ4v) is 5.65. The Morgan fingerprint density at radius 1 is 0.535 bits per heavy atom. The Balaban J connectivity index is 1.29. The molecule has 2 heterocycles. The lowest BCUT2D eigenvalue weighted by Crippen LogP contribution is -2.34. The van der Waals surface area contributed by atoms with Crippen LogP contribution in [-0.2, 0) is 16.9 Å².